The van der Waals surface area contributed by atoms with Crippen LogP contribution in [0.25, 0.3) is 0 Å². The van der Waals surface area contributed by atoms with Gasteiger partial charge in [0.05, 0.1) is 16.1 Å². The number of nitrogens with one attached hydrogen (secondary N) is 1. The van der Waals surface area contributed by atoms with Gasteiger partial charge < -0.3 is 10.4 Å². The maximum atomic E-state index is 13.1. The molecule has 0 spiro atoms. The van der Waals surface area contributed by atoms with E-state index >= 15 is 0 Å². The van der Waals surface area contributed by atoms with Crippen LogP contribution in [0.5, 0.6) is 5.75 Å². The minimum atomic E-state index is -0.440. The fraction of sp³-hybridized carbons (Fsp3) is 0.286. The zero-order valence-corrected chi connectivity index (χ0v) is 21.7. The van der Waals surface area contributed by atoms with Crippen LogP contribution in [0.15, 0.2) is 77.7 Å². The van der Waals surface area contributed by atoms with Crippen LogP contribution in [0, 0.1) is 0 Å². The van der Waals surface area contributed by atoms with Gasteiger partial charge in [0.15, 0.2) is 5.78 Å². The first-order valence-electron chi connectivity index (χ1n) is 11.6. The van der Waals surface area contributed by atoms with Gasteiger partial charge in [0, 0.05) is 36.5 Å². The SMILES string of the molecule is O=C(CCN[C@H](CSc1ccccc1O)C(=O)CCc1ccc(Cl)c(Cl)c1)CCc1ccccc1. The first-order valence-corrected chi connectivity index (χ1v) is 13.3. The van der Waals surface area contributed by atoms with E-state index in [4.69, 9.17) is 23.2 Å². The number of benzene rings is 3. The summed E-state index contributed by atoms with van der Waals surface area (Å²) in [4.78, 5) is 26.2. The molecule has 0 saturated heterocycles. The molecular weight excluding hydrogens is 501 g/mol. The lowest BCUT2D eigenvalue weighted by Crippen LogP contribution is -2.40. The van der Waals surface area contributed by atoms with Crippen LogP contribution in [0.2, 0.25) is 10.0 Å². The van der Waals surface area contributed by atoms with Crippen molar-refractivity contribution in [2.24, 2.45) is 0 Å². The Morgan fingerprint density at radius 2 is 1.54 bits per heavy atom. The van der Waals surface area contributed by atoms with Crippen LogP contribution in [0.4, 0.5) is 0 Å². The molecule has 4 nitrogen and oxygen atoms in total. The van der Waals surface area contributed by atoms with Gasteiger partial charge in [-0.3, -0.25) is 9.59 Å². The average Bonchev–Trinajstić information content (AvgIpc) is 2.87. The van der Waals surface area contributed by atoms with Crippen molar-refractivity contribution in [3.8, 4) is 5.75 Å². The van der Waals surface area contributed by atoms with E-state index in [0.717, 1.165) is 22.4 Å². The fourth-order valence-corrected chi connectivity index (χ4v) is 4.96. The molecule has 0 amide bonds. The molecule has 1 atom stereocenters. The van der Waals surface area contributed by atoms with E-state index in [1.165, 1.54) is 11.8 Å². The number of phenols is 1. The molecule has 0 saturated carbocycles. The van der Waals surface area contributed by atoms with Gasteiger partial charge in [0.2, 0.25) is 0 Å². The van der Waals surface area contributed by atoms with Crippen LogP contribution in [-0.4, -0.2) is 35.0 Å². The number of hydrogen-bond acceptors (Lipinski definition) is 5. The first-order chi connectivity index (χ1) is 16.9. The molecule has 184 valence electrons. The number of thioether (sulfide) groups is 1. The Balaban J connectivity index is 1.53. The molecule has 2 N–H and O–H groups in total. The molecule has 0 aliphatic rings. The highest BCUT2D eigenvalue weighted by Crippen LogP contribution is 2.28. The van der Waals surface area contributed by atoms with Gasteiger partial charge in [-0.05, 0) is 48.2 Å². The summed E-state index contributed by atoms with van der Waals surface area (Å²) >= 11 is 13.5. The highest BCUT2D eigenvalue weighted by molar-refractivity contribution is 7.99. The molecule has 0 fully saturated rings. The molecule has 0 heterocycles. The van der Waals surface area contributed by atoms with E-state index in [-0.39, 0.29) is 17.3 Å². The zero-order valence-electron chi connectivity index (χ0n) is 19.4. The van der Waals surface area contributed by atoms with Crippen LogP contribution >= 0.6 is 35.0 Å². The highest BCUT2D eigenvalue weighted by Gasteiger charge is 2.19. The Morgan fingerprint density at radius 1 is 0.829 bits per heavy atom. The summed E-state index contributed by atoms with van der Waals surface area (Å²) in [6, 6.07) is 21.9. The summed E-state index contributed by atoms with van der Waals surface area (Å²) < 4.78 is 0. The summed E-state index contributed by atoms with van der Waals surface area (Å²) in [6.07, 6.45) is 2.44. The van der Waals surface area contributed by atoms with Crippen LogP contribution in [0.1, 0.15) is 30.4 Å². The van der Waals surface area contributed by atoms with E-state index in [0.29, 0.717) is 48.0 Å². The summed E-state index contributed by atoms with van der Waals surface area (Å²) in [5, 5.41) is 14.3. The smallest absolute Gasteiger partial charge is 0.150 e. The third kappa shape index (κ3) is 9.34. The highest BCUT2D eigenvalue weighted by atomic mass is 35.5. The Hall–Kier alpha value is -2.31. The monoisotopic (exact) mass is 529 g/mol. The molecule has 0 aromatic heterocycles. The minimum absolute atomic E-state index is 0.0516. The second-order valence-electron chi connectivity index (χ2n) is 8.27. The number of rotatable bonds is 14. The fourth-order valence-electron chi connectivity index (χ4n) is 3.59. The number of halogens is 2. The van der Waals surface area contributed by atoms with E-state index in [1.54, 1.807) is 24.3 Å². The molecule has 3 aromatic carbocycles. The standard InChI is InChI=1S/C28H29Cl2NO3S/c29-23-14-11-21(18-24(23)30)12-15-26(33)25(19-35-28-9-5-4-8-27(28)34)31-17-16-22(32)13-10-20-6-2-1-3-7-20/h1-9,11,14,18,25,31,34H,10,12-13,15-17,19H2/t25-/m1/s1. The second-order valence-corrected chi connectivity index (χ2v) is 10.2. The topological polar surface area (TPSA) is 66.4 Å². The van der Waals surface area contributed by atoms with E-state index in [1.807, 2.05) is 48.5 Å². The van der Waals surface area contributed by atoms with Crippen molar-refractivity contribution < 1.29 is 14.7 Å². The average molecular weight is 531 g/mol. The van der Waals surface area contributed by atoms with Crippen molar-refractivity contribution in [1.82, 2.24) is 5.32 Å². The predicted octanol–water partition coefficient (Wildman–Crippen LogP) is 6.54. The van der Waals surface area contributed by atoms with Crippen molar-refractivity contribution in [3.63, 3.8) is 0 Å². The number of carbonyl (C=O) groups excluding carboxylic acids is 2. The molecule has 0 aliphatic heterocycles. The van der Waals surface area contributed by atoms with Crippen LogP contribution in [0.3, 0.4) is 0 Å². The number of aryl methyl sites for hydroxylation is 2. The molecule has 0 bridgehead atoms. The number of phenolic OH excluding ortho intramolecular Hbond substituents is 1. The Bertz CT molecular complexity index is 1120. The molecule has 3 rings (SSSR count). The quantitative estimate of drug-likeness (QED) is 0.232. The molecule has 0 aliphatic carbocycles. The Labute approximate surface area is 221 Å². The van der Waals surface area contributed by atoms with Crippen molar-refractivity contribution in [2.45, 2.75) is 43.0 Å². The van der Waals surface area contributed by atoms with Crippen molar-refractivity contribution in [3.05, 3.63) is 94.0 Å². The lowest BCUT2D eigenvalue weighted by molar-refractivity contribution is -0.121. The molecule has 0 radical (unpaired) electrons. The Kier molecular flexibility index (Phi) is 11.1. The normalized spacial score (nSPS) is 11.8. The zero-order chi connectivity index (χ0) is 25.0. The van der Waals surface area contributed by atoms with Gasteiger partial charge in [-0.15, -0.1) is 11.8 Å². The summed E-state index contributed by atoms with van der Waals surface area (Å²) in [5.74, 6) is 0.860. The number of para-hydroxylation sites is 1. The lowest BCUT2D eigenvalue weighted by Gasteiger charge is -2.18. The van der Waals surface area contributed by atoms with Crippen molar-refractivity contribution in [1.29, 1.82) is 0 Å². The van der Waals surface area contributed by atoms with Gasteiger partial charge in [0.1, 0.15) is 11.5 Å². The maximum absolute atomic E-state index is 13.1. The van der Waals surface area contributed by atoms with Crippen LogP contribution < -0.4 is 5.32 Å². The molecule has 3 aromatic rings. The minimum Gasteiger partial charge on any atom is -0.507 e. The van der Waals surface area contributed by atoms with Gasteiger partial charge in [0.25, 0.3) is 0 Å². The Morgan fingerprint density at radius 3 is 2.29 bits per heavy atom. The molecule has 0 unspecified atom stereocenters. The van der Waals surface area contributed by atoms with Gasteiger partial charge in [-0.2, -0.15) is 0 Å². The number of aromatic hydroxyl groups is 1. The van der Waals surface area contributed by atoms with E-state index in [9.17, 15) is 14.7 Å². The largest absolute Gasteiger partial charge is 0.507 e. The first kappa shape index (κ1) is 27.3. The number of ketones is 2. The molecule has 7 heteroatoms. The summed E-state index contributed by atoms with van der Waals surface area (Å²) in [7, 11) is 0. The van der Waals surface area contributed by atoms with Gasteiger partial charge in [-0.25, -0.2) is 0 Å². The van der Waals surface area contributed by atoms with E-state index < -0.39 is 6.04 Å². The lowest BCUT2D eigenvalue weighted by atomic mass is 10.0. The van der Waals surface area contributed by atoms with Gasteiger partial charge >= 0.3 is 0 Å². The summed E-state index contributed by atoms with van der Waals surface area (Å²) in [5.41, 5.74) is 2.08. The predicted molar refractivity (Wildman–Crippen MR) is 145 cm³/mol. The number of hydrogen-bond donors (Lipinski definition) is 2. The van der Waals surface area contributed by atoms with Crippen LogP contribution in [-0.2, 0) is 22.4 Å². The third-order valence-corrected chi connectivity index (χ3v) is 7.53. The third-order valence-electron chi connectivity index (χ3n) is 5.63. The van der Waals surface area contributed by atoms with Crippen molar-refractivity contribution >= 4 is 46.5 Å². The molecule has 35 heavy (non-hydrogen) atoms. The van der Waals surface area contributed by atoms with E-state index in [2.05, 4.69) is 5.32 Å². The number of carbonyl (C=O) groups is 2. The molecular formula is C28H29Cl2NO3S. The second kappa shape index (κ2) is 14.3. The van der Waals surface area contributed by atoms with Gasteiger partial charge in [-0.1, -0.05) is 71.7 Å². The van der Waals surface area contributed by atoms with Crippen molar-refractivity contribution in [2.75, 3.05) is 12.3 Å². The maximum Gasteiger partial charge on any atom is 0.150 e. The number of Topliss-reactive ketones (excluding diaryl/α,β-unsaturated/α-hetero) is 2. The summed E-state index contributed by atoms with van der Waals surface area (Å²) in [6.45, 7) is 0.429.